The van der Waals surface area contributed by atoms with Crippen LogP contribution in [0.1, 0.15) is 33.6 Å². The number of likely N-dealkylation sites (tertiary alicyclic amines) is 1. The topological polar surface area (TPSA) is 49.9 Å². The van der Waals surface area contributed by atoms with E-state index in [-0.39, 0.29) is 11.9 Å². The molecule has 0 unspecified atom stereocenters. The Kier molecular flexibility index (Phi) is 4.97. The van der Waals surface area contributed by atoms with E-state index in [1.807, 2.05) is 46.0 Å². The number of Topliss-reactive ketones (excluding diaryl/α,β-unsaturated/α-hetero) is 1. The van der Waals surface area contributed by atoms with Gasteiger partial charge in [-0.15, -0.1) is 0 Å². The third-order valence-electron chi connectivity index (χ3n) is 2.68. The number of hydrogen-bond acceptors (Lipinski definition) is 4. The maximum Gasteiger partial charge on any atom is 0.410 e. The first-order chi connectivity index (χ1) is 8.69. The zero-order chi connectivity index (χ0) is 14.6. The van der Waals surface area contributed by atoms with Gasteiger partial charge >= 0.3 is 6.09 Å². The molecule has 5 nitrogen and oxygen atoms in total. The lowest BCUT2D eigenvalue weighted by molar-refractivity contribution is -0.115. The lowest BCUT2D eigenvalue weighted by atomic mass is 10.1. The Hall–Kier alpha value is -1.52. The number of amides is 1. The average molecular weight is 268 g/mol. The van der Waals surface area contributed by atoms with Crippen LogP contribution in [0.5, 0.6) is 0 Å². The molecule has 0 aromatic rings. The molecule has 108 valence electrons. The Balaban J connectivity index is 2.68. The number of hydrogen-bond donors (Lipinski definition) is 0. The summed E-state index contributed by atoms with van der Waals surface area (Å²) in [5.41, 5.74) is 0.270. The second kappa shape index (κ2) is 6.08. The molecule has 1 saturated heterocycles. The van der Waals surface area contributed by atoms with Crippen molar-refractivity contribution in [3.63, 3.8) is 0 Å². The Morgan fingerprint density at radius 2 is 1.84 bits per heavy atom. The van der Waals surface area contributed by atoms with Crippen LogP contribution in [0.3, 0.4) is 0 Å². The van der Waals surface area contributed by atoms with E-state index in [0.29, 0.717) is 25.9 Å². The molecule has 1 amide bonds. The largest absolute Gasteiger partial charge is 0.444 e. The zero-order valence-electron chi connectivity index (χ0n) is 12.5. The van der Waals surface area contributed by atoms with Gasteiger partial charge in [-0.3, -0.25) is 4.79 Å². The van der Waals surface area contributed by atoms with E-state index in [9.17, 15) is 9.59 Å². The molecule has 0 bridgehead atoms. The molecule has 0 atom stereocenters. The van der Waals surface area contributed by atoms with Crippen LogP contribution < -0.4 is 0 Å². The predicted molar refractivity (Wildman–Crippen MR) is 73.8 cm³/mol. The Bertz CT molecular complexity index is 381. The van der Waals surface area contributed by atoms with Gasteiger partial charge in [-0.25, -0.2) is 4.79 Å². The first-order valence-electron chi connectivity index (χ1n) is 6.57. The summed E-state index contributed by atoms with van der Waals surface area (Å²) in [6, 6.07) is 0. The zero-order valence-corrected chi connectivity index (χ0v) is 12.5. The molecule has 0 saturated carbocycles. The van der Waals surface area contributed by atoms with Crippen molar-refractivity contribution >= 4 is 11.9 Å². The minimum atomic E-state index is -0.504. The van der Waals surface area contributed by atoms with Gasteiger partial charge in [0, 0.05) is 45.4 Å². The minimum Gasteiger partial charge on any atom is -0.444 e. The second-order valence-corrected chi connectivity index (χ2v) is 6.01. The van der Waals surface area contributed by atoms with E-state index >= 15 is 0 Å². The van der Waals surface area contributed by atoms with Crippen LogP contribution in [0.2, 0.25) is 0 Å². The molecule has 1 heterocycles. The molecule has 1 rings (SSSR count). The van der Waals surface area contributed by atoms with Crippen LogP contribution in [0.25, 0.3) is 0 Å². The van der Waals surface area contributed by atoms with E-state index < -0.39 is 5.60 Å². The smallest absolute Gasteiger partial charge is 0.410 e. The van der Waals surface area contributed by atoms with E-state index in [1.165, 1.54) is 0 Å². The van der Waals surface area contributed by atoms with Gasteiger partial charge in [0.2, 0.25) is 0 Å². The van der Waals surface area contributed by atoms with Gasteiger partial charge in [-0.1, -0.05) is 0 Å². The molecule has 1 aliphatic rings. The molecule has 0 aromatic heterocycles. The standard InChI is InChI=1S/C14H24N2O3/c1-14(2,3)19-13(18)16-8-6-11(10-15(4)5)12(17)7-9-16/h10H,6-9H2,1-5H3/b11-10-. The predicted octanol–water partition coefficient (Wildman–Crippen LogP) is 2.03. The van der Waals surface area contributed by atoms with Gasteiger partial charge in [-0.2, -0.15) is 0 Å². The summed E-state index contributed by atoms with van der Waals surface area (Å²) in [4.78, 5) is 27.4. The molecular weight excluding hydrogens is 244 g/mol. The van der Waals surface area contributed by atoms with E-state index in [1.54, 1.807) is 4.90 Å². The van der Waals surface area contributed by atoms with Crippen molar-refractivity contribution in [1.82, 2.24) is 9.80 Å². The molecule has 5 heteroatoms. The Labute approximate surface area is 115 Å². The number of nitrogens with zero attached hydrogens (tertiary/aromatic N) is 2. The fourth-order valence-electron chi connectivity index (χ4n) is 1.86. The maximum absolute atomic E-state index is 12.0. The highest BCUT2D eigenvalue weighted by Crippen LogP contribution is 2.17. The van der Waals surface area contributed by atoms with Gasteiger partial charge in [-0.05, 0) is 27.2 Å². The highest BCUT2D eigenvalue weighted by molar-refractivity contribution is 5.96. The molecule has 0 N–H and O–H groups in total. The summed E-state index contributed by atoms with van der Waals surface area (Å²) in [5, 5.41) is 0. The van der Waals surface area contributed by atoms with Gasteiger partial charge < -0.3 is 14.5 Å². The molecule has 1 fully saturated rings. The third-order valence-corrected chi connectivity index (χ3v) is 2.68. The van der Waals surface area contributed by atoms with Crippen LogP contribution in [0, 0.1) is 0 Å². The summed E-state index contributed by atoms with van der Waals surface area (Å²) < 4.78 is 5.33. The summed E-state index contributed by atoms with van der Waals surface area (Å²) in [6.45, 7) is 6.47. The van der Waals surface area contributed by atoms with Crippen molar-refractivity contribution in [2.45, 2.75) is 39.2 Å². The molecule has 19 heavy (non-hydrogen) atoms. The highest BCUT2D eigenvalue weighted by atomic mass is 16.6. The normalized spacial score (nSPS) is 19.3. The lowest BCUT2D eigenvalue weighted by Gasteiger charge is -2.26. The van der Waals surface area contributed by atoms with E-state index in [0.717, 1.165) is 5.57 Å². The number of carbonyl (C=O) groups excluding carboxylic acids is 2. The fraction of sp³-hybridized carbons (Fsp3) is 0.714. The molecule has 1 aliphatic heterocycles. The average Bonchev–Trinajstić information content (AvgIpc) is 2.39. The van der Waals surface area contributed by atoms with Gasteiger partial charge in [0.15, 0.2) is 5.78 Å². The van der Waals surface area contributed by atoms with Crippen LogP contribution in [0.15, 0.2) is 11.8 Å². The number of ether oxygens (including phenoxy) is 1. The molecular formula is C14H24N2O3. The van der Waals surface area contributed by atoms with Crippen molar-refractivity contribution in [2.75, 3.05) is 27.2 Å². The van der Waals surface area contributed by atoms with Crippen LogP contribution in [-0.4, -0.2) is 54.5 Å². The van der Waals surface area contributed by atoms with Crippen molar-refractivity contribution < 1.29 is 14.3 Å². The monoisotopic (exact) mass is 268 g/mol. The molecule has 0 aromatic carbocycles. The number of carbonyl (C=O) groups is 2. The Morgan fingerprint density at radius 3 is 2.37 bits per heavy atom. The number of rotatable bonds is 1. The summed E-state index contributed by atoms with van der Waals surface area (Å²) >= 11 is 0. The Morgan fingerprint density at radius 1 is 1.26 bits per heavy atom. The summed E-state index contributed by atoms with van der Waals surface area (Å²) in [5.74, 6) is 0.111. The highest BCUT2D eigenvalue weighted by Gasteiger charge is 2.26. The van der Waals surface area contributed by atoms with Crippen LogP contribution in [0.4, 0.5) is 4.79 Å². The minimum absolute atomic E-state index is 0.111. The van der Waals surface area contributed by atoms with E-state index in [4.69, 9.17) is 4.74 Å². The SMILES string of the molecule is CN(C)/C=C1/CCN(C(=O)OC(C)(C)C)CCC1=O. The first-order valence-corrected chi connectivity index (χ1v) is 6.57. The summed E-state index contributed by atoms with van der Waals surface area (Å²) in [7, 11) is 3.77. The van der Waals surface area contributed by atoms with Crippen LogP contribution in [-0.2, 0) is 9.53 Å². The molecule has 0 radical (unpaired) electrons. The van der Waals surface area contributed by atoms with Gasteiger partial charge in [0.25, 0.3) is 0 Å². The first kappa shape index (κ1) is 15.5. The van der Waals surface area contributed by atoms with Crippen molar-refractivity contribution in [3.05, 3.63) is 11.8 Å². The maximum atomic E-state index is 12.0. The third kappa shape index (κ3) is 5.32. The van der Waals surface area contributed by atoms with Crippen molar-refractivity contribution in [2.24, 2.45) is 0 Å². The fourth-order valence-corrected chi connectivity index (χ4v) is 1.86. The molecule has 0 aliphatic carbocycles. The van der Waals surface area contributed by atoms with E-state index in [2.05, 4.69) is 0 Å². The quantitative estimate of drug-likeness (QED) is 0.683. The number of ketones is 1. The van der Waals surface area contributed by atoms with Gasteiger partial charge in [0.05, 0.1) is 0 Å². The van der Waals surface area contributed by atoms with Crippen molar-refractivity contribution in [1.29, 1.82) is 0 Å². The second-order valence-electron chi connectivity index (χ2n) is 6.01. The molecule has 0 spiro atoms. The van der Waals surface area contributed by atoms with Gasteiger partial charge in [0.1, 0.15) is 5.60 Å². The summed E-state index contributed by atoms with van der Waals surface area (Å²) in [6.07, 6.45) is 2.43. The van der Waals surface area contributed by atoms with Crippen LogP contribution >= 0.6 is 0 Å². The lowest BCUT2D eigenvalue weighted by Crippen LogP contribution is -2.37. The van der Waals surface area contributed by atoms with Crippen molar-refractivity contribution in [3.8, 4) is 0 Å².